The summed E-state index contributed by atoms with van der Waals surface area (Å²) in [6, 6.07) is 43.0. The third-order valence-corrected chi connectivity index (χ3v) is 10.4. The van der Waals surface area contributed by atoms with Crippen LogP contribution in [0.15, 0.2) is 132 Å². The Hall–Kier alpha value is -3.20. The van der Waals surface area contributed by atoms with Crippen LogP contribution < -0.4 is 4.74 Å². The van der Waals surface area contributed by atoms with Gasteiger partial charge in [0, 0.05) is 12.3 Å². The summed E-state index contributed by atoms with van der Waals surface area (Å²) >= 11 is 17.0. The van der Waals surface area contributed by atoms with Gasteiger partial charge in [0.25, 0.3) is 0 Å². The highest BCUT2D eigenvalue weighted by molar-refractivity contribution is 9.10. The highest BCUT2D eigenvalue weighted by Crippen LogP contribution is 2.46. The average Bonchev–Trinajstić information content (AvgIpc) is 3.17. The maximum absolute atomic E-state index is 7.08. The lowest BCUT2D eigenvalue weighted by atomic mass is 9.91. The smallest absolute Gasteiger partial charge is 0.152 e. The van der Waals surface area contributed by atoms with Gasteiger partial charge in [0.2, 0.25) is 0 Å². The molecular weight excluding hydrogens is 747 g/mol. The summed E-state index contributed by atoms with van der Waals surface area (Å²) in [6.07, 6.45) is 0.377. The molecule has 1 aliphatic heterocycles. The largest absolute Gasteiger partial charge is 0.491 e. The summed E-state index contributed by atoms with van der Waals surface area (Å²) in [4.78, 5) is 0. The van der Waals surface area contributed by atoms with Crippen LogP contribution in [0.5, 0.6) is 5.75 Å². The van der Waals surface area contributed by atoms with E-state index in [0.29, 0.717) is 68.9 Å². The van der Waals surface area contributed by atoms with Gasteiger partial charge in [-0.2, -0.15) is 0 Å². The van der Waals surface area contributed by atoms with Gasteiger partial charge >= 0.3 is 0 Å². The molecule has 1 fully saturated rings. The number of alkyl halides is 1. The molecule has 8 heteroatoms. The van der Waals surface area contributed by atoms with Gasteiger partial charge < -0.3 is 23.7 Å². The molecule has 0 spiro atoms. The maximum atomic E-state index is 7.08. The Morgan fingerprint density at radius 3 is 1.84 bits per heavy atom. The van der Waals surface area contributed by atoms with Crippen molar-refractivity contribution >= 4 is 39.1 Å². The molecule has 1 heterocycles. The molecule has 51 heavy (non-hydrogen) atoms. The number of rotatable bonds is 17. The second-order valence-corrected chi connectivity index (χ2v) is 14.2. The minimum atomic E-state index is -0.433. The van der Waals surface area contributed by atoms with Crippen LogP contribution in [0.2, 0.25) is 5.02 Å². The van der Waals surface area contributed by atoms with Crippen LogP contribution in [-0.2, 0) is 45.2 Å². The van der Waals surface area contributed by atoms with Crippen molar-refractivity contribution in [3.8, 4) is 5.75 Å². The Kier molecular flexibility index (Phi) is 14.4. The zero-order valence-electron chi connectivity index (χ0n) is 28.5. The third kappa shape index (κ3) is 10.7. The molecule has 6 rings (SSSR count). The van der Waals surface area contributed by atoms with E-state index in [-0.39, 0.29) is 12.2 Å². The van der Waals surface area contributed by atoms with Crippen molar-refractivity contribution in [2.24, 2.45) is 0 Å². The summed E-state index contributed by atoms with van der Waals surface area (Å²) in [7, 11) is 0. The number of hydrogen-bond donors (Lipinski definition) is 0. The van der Waals surface area contributed by atoms with Gasteiger partial charge in [-0.15, -0.1) is 11.6 Å². The first kappa shape index (κ1) is 37.6. The Labute approximate surface area is 319 Å². The summed E-state index contributed by atoms with van der Waals surface area (Å²) in [5.41, 5.74) is 6.30. The van der Waals surface area contributed by atoms with E-state index >= 15 is 0 Å². The lowest BCUT2D eigenvalue weighted by Gasteiger charge is -2.42. The lowest BCUT2D eigenvalue weighted by Crippen LogP contribution is -2.50. The van der Waals surface area contributed by atoms with Crippen molar-refractivity contribution in [3.05, 3.63) is 170 Å². The molecule has 0 bridgehead atoms. The van der Waals surface area contributed by atoms with Crippen LogP contribution in [0.4, 0.5) is 0 Å². The molecule has 0 radical (unpaired) electrons. The molecule has 4 atom stereocenters. The normalized spacial score (nSPS) is 18.8. The number of hydrogen-bond acceptors (Lipinski definition) is 5. The van der Waals surface area contributed by atoms with E-state index < -0.39 is 12.2 Å². The van der Waals surface area contributed by atoms with Gasteiger partial charge in [-0.3, -0.25) is 0 Å². The molecule has 5 nitrogen and oxygen atoms in total. The molecule has 266 valence electrons. The molecule has 0 N–H and O–H groups in total. The summed E-state index contributed by atoms with van der Waals surface area (Å²) < 4.78 is 33.9. The second-order valence-electron chi connectivity index (χ2n) is 12.6. The molecule has 0 aromatic heterocycles. The second kappa shape index (κ2) is 19.6. The van der Waals surface area contributed by atoms with Gasteiger partial charge in [-0.05, 0) is 68.2 Å². The summed E-state index contributed by atoms with van der Waals surface area (Å²) in [5.74, 6) is 1.09. The molecule has 5 aromatic carbocycles. The highest BCUT2D eigenvalue weighted by atomic mass is 79.9. The molecule has 0 saturated carbocycles. The van der Waals surface area contributed by atoms with Crippen molar-refractivity contribution < 1.29 is 23.7 Å². The Morgan fingerprint density at radius 2 is 1.25 bits per heavy atom. The first-order valence-electron chi connectivity index (χ1n) is 17.4. The van der Waals surface area contributed by atoms with Gasteiger partial charge in [0.1, 0.15) is 12.2 Å². The molecule has 5 aromatic rings. The summed E-state index contributed by atoms with van der Waals surface area (Å²) in [6.45, 7) is 2.07. The van der Waals surface area contributed by atoms with Gasteiger partial charge in [-0.1, -0.05) is 133 Å². The topological polar surface area (TPSA) is 46.2 Å². The Balaban J connectivity index is 1.34. The van der Waals surface area contributed by atoms with E-state index in [1.165, 1.54) is 0 Å². The minimum Gasteiger partial charge on any atom is -0.491 e. The van der Waals surface area contributed by atoms with Crippen LogP contribution in [0.1, 0.15) is 52.3 Å². The molecular formula is C43H43BrCl2O5. The van der Waals surface area contributed by atoms with Gasteiger partial charge in [-0.25, -0.2) is 0 Å². The first-order chi connectivity index (χ1) is 25.1. The molecule has 3 unspecified atom stereocenters. The van der Waals surface area contributed by atoms with Crippen LogP contribution in [0.25, 0.3) is 0 Å². The first-order valence-corrected chi connectivity index (χ1v) is 19.1. The van der Waals surface area contributed by atoms with Crippen molar-refractivity contribution in [3.63, 3.8) is 0 Å². The standard InChI is InChI=1S/C43H43BrCl2O5/c44-40-36(25-35(24-31-14-5-1-6-15-31)41(46)43(40)48-23-13-22-45)37-26-38(49-28-33-18-9-3-10-19-33)42(50-29-34-20-11-4-12-21-34)39(51-37)30-47-27-32-16-7-2-8-17-32/h1-12,14-21,25,37-39,42H,13,22-24,26-30H2/t37?,38?,39?,42-/m0/s1. The SMILES string of the molecule is ClCCCOc1c(Cl)c(Cc2ccccc2)cc(C2CC(OCc3ccccc3)[C@H](OCc3ccccc3)C(COCc3ccccc3)O2)c1Br. The molecule has 0 aliphatic carbocycles. The number of halogens is 3. The van der Waals surface area contributed by atoms with E-state index in [9.17, 15) is 0 Å². The van der Waals surface area contributed by atoms with E-state index in [1.807, 2.05) is 72.8 Å². The predicted octanol–water partition coefficient (Wildman–Crippen LogP) is 10.9. The van der Waals surface area contributed by atoms with Gasteiger partial charge in [0.15, 0.2) is 5.75 Å². The summed E-state index contributed by atoms with van der Waals surface area (Å²) in [5, 5.41) is 0.573. The predicted molar refractivity (Wildman–Crippen MR) is 208 cm³/mol. The van der Waals surface area contributed by atoms with Crippen LogP contribution in [-0.4, -0.2) is 37.4 Å². The third-order valence-electron chi connectivity index (χ3n) is 8.88. The van der Waals surface area contributed by atoms with Crippen LogP contribution >= 0.6 is 39.1 Å². The average molecular weight is 791 g/mol. The van der Waals surface area contributed by atoms with Crippen molar-refractivity contribution in [1.82, 2.24) is 0 Å². The Morgan fingerprint density at radius 1 is 0.706 bits per heavy atom. The lowest BCUT2D eigenvalue weighted by molar-refractivity contribution is -0.222. The van der Waals surface area contributed by atoms with Crippen molar-refractivity contribution in [2.45, 2.75) is 63.5 Å². The van der Waals surface area contributed by atoms with E-state index in [1.54, 1.807) is 0 Å². The zero-order valence-corrected chi connectivity index (χ0v) is 31.6. The van der Waals surface area contributed by atoms with Crippen LogP contribution in [0, 0.1) is 0 Å². The fraction of sp³-hybridized carbons (Fsp3) is 0.302. The highest BCUT2D eigenvalue weighted by Gasteiger charge is 2.42. The molecule has 1 aliphatic rings. The van der Waals surface area contributed by atoms with Crippen molar-refractivity contribution in [1.29, 1.82) is 0 Å². The fourth-order valence-corrected chi connectivity index (χ4v) is 7.45. The zero-order chi connectivity index (χ0) is 35.3. The molecule has 0 amide bonds. The number of ether oxygens (including phenoxy) is 5. The maximum Gasteiger partial charge on any atom is 0.152 e. The Bertz CT molecular complexity index is 1760. The monoisotopic (exact) mass is 788 g/mol. The van der Waals surface area contributed by atoms with E-state index in [2.05, 4.69) is 70.5 Å². The van der Waals surface area contributed by atoms with Crippen LogP contribution in [0.3, 0.4) is 0 Å². The minimum absolute atomic E-state index is 0.307. The fourth-order valence-electron chi connectivity index (χ4n) is 6.27. The number of benzene rings is 5. The van der Waals surface area contributed by atoms with Crippen molar-refractivity contribution in [2.75, 3.05) is 19.1 Å². The van der Waals surface area contributed by atoms with E-state index in [0.717, 1.165) is 37.9 Å². The molecule has 1 saturated heterocycles. The quantitative estimate of drug-likeness (QED) is 0.0693. The van der Waals surface area contributed by atoms with E-state index in [4.69, 9.17) is 46.9 Å². The van der Waals surface area contributed by atoms with Gasteiger partial charge in [0.05, 0.1) is 54.7 Å².